The molecule has 0 atom stereocenters. The monoisotopic (exact) mass is 278 g/mol. The molecule has 0 saturated heterocycles. The average molecular weight is 278 g/mol. The lowest BCUT2D eigenvalue weighted by molar-refractivity contribution is 0.102. The third kappa shape index (κ3) is 2.69. The molecule has 0 aliphatic heterocycles. The van der Waals surface area contributed by atoms with Crippen LogP contribution in [0.15, 0.2) is 54.7 Å². The van der Waals surface area contributed by atoms with Gasteiger partial charge in [0.15, 0.2) is 0 Å². The predicted molar refractivity (Wildman–Crippen MR) is 82.5 cm³/mol. The van der Waals surface area contributed by atoms with Crippen molar-refractivity contribution in [2.75, 3.05) is 5.32 Å². The Hall–Kier alpha value is -2.88. The molecule has 4 heteroatoms. The van der Waals surface area contributed by atoms with E-state index in [1.54, 1.807) is 30.5 Å². The number of phenolic OH excluding ortho intramolecular Hbond substituents is 1. The number of benzene rings is 2. The first-order chi connectivity index (χ1) is 10.1. The molecule has 0 unspecified atom stereocenters. The number of anilines is 1. The summed E-state index contributed by atoms with van der Waals surface area (Å²) in [5, 5.41) is 14.6. The summed E-state index contributed by atoms with van der Waals surface area (Å²) < 4.78 is 0. The maximum Gasteiger partial charge on any atom is 0.259 e. The summed E-state index contributed by atoms with van der Waals surface area (Å²) in [4.78, 5) is 16.4. The van der Waals surface area contributed by atoms with Gasteiger partial charge in [-0.15, -0.1) is 0 Å². The standard InChI is InChI=1S/C17H14N2O2/c1-11-8-14(6-7-18-11)19-17(21)15-9-12-4-2-3-5-13(12)10-16(15)20/h2-10,20H,1H3,(H,18,19,21). The second-order valence-electron chi connectivity index (χ2n) is 4.86. The predicted octanol–water partition coefficient (Wildman–Crippen LogP) is 3.50. The third-order valence-electron chi connectivity index (χ3n) is 3.26. The first kappa shape index (κ1) is 13.1. The number of nitrogens with zero attached hydrogens (tertiary/aromatic N) is 1. The van der Waals surface area contributed by atoms with Crippen LogP contribution in [0.5, 0.6) is 5.75 Å². The molecule has 0 bridgehead atoms. The van der Waals surface area contributed by atoms with E-state index in [1.165, 1.54) is 0 Å². The Morgan fingerprint density at radius 1 is 1.10 bits per heavy atom. The van der Waals surface area contributed by atoms with E-state index in [-0.39, 0.29) is 17.2 Å². The molecule has 0 aliphatic carbocycles. The minimum absolute atomic E-state index is 0.0306. The largest absolute Gasteiger partial charge is 0.507 e. The zero-order valence-electron chi connectivity index (χ0n) is 11.5. The number of aryl methyl sites for hydroxylation is 1. The van der Waals surface area contributed by atoms with Gasteiger partial charge in [0.1, 0.15) is 5.75 Å². The van der Waals surface area contributed by atoms with E-state index in [0.717, 1.165) is 16.5 Å². The number of aromatic nitrogens is 1. The van der Waals surface area contributed by atoms with Crippen LogP contribution in [0.2, 0.25) is 0 Å². The average Bonchev–Trinajstić information content (AvgIpc) is 2.46. The molecular formula is C17H14N2O2. The first-order valence-corrected chi connectivity index (χ1v) is 6.59. The molecule has 0 radical (unpaired) electrons. The highest BCUT2D eigenvalue weighted by Gasteiger charge is 2.12. The zero-order chi connectivity index (χ0) is 14.8. The second-order valence-corrected chi connectivity index (χ2v) is 4.86. The van der Waals surface area contributed by atoms with E-state index in [4.69, 9.17) is 0 Å². The van der Waals surface area contributed by atoms with Crippen molar-refractivity contribution in [1.29, 1.82) is 0 Å². The Kier molecular flexibility index (Phi) is 3.28. The number of nitrogens with one attached hydrogen (secondary N) is 1. The van der Waals surface area contributed by atoms with E-state index in [0.29, 0.717) is 5.69 Å². The van der Waals surface area contributed by atoms with Gasteiger partial charge in [-0.25, -0.2) is 0 Å². The van der Waals surface area contributed by atoms with Crippen molar-refractivity contribution in [2.24, 2.45) is 0 Å². The van der Waals surface area contributed by atoms with Gasteiger partial charge in [-0.1, -0.05) is 24.3 Å². The van der Waals surface area contributed by atoms with Gasteiger partial charge in [0.25, 0.3) is 5.91 Å². The number of amides is 1. The molecule has 4 nitrogen and oxygen atoms in total. The maximum atomic E-state index is 12.3. The van der Waals surface area contributed by atoms with Crippen molar-refractivity contribution >= 4 is 22.4 Å². The number of phenols is 1. The second kappa shape index (κ2) is 5.25. The van der Waals surface area contributed by atoms with Crippen molar-refractivity contribution in [3.05, 3.63) is 66.0 Å². The SMILES string of the molecule is Cc1cc(NC(=O)c2cc3ccccc3cc2O)ccn1. The van der Waals surface area contributed by atoms with Crippen LogP contribution in [0, 0.1) is 6.92 Å². The molecule has 21 heavy (non-hydrogen) atoms. The van der Waals surface area contributed by atoms with Crippen molar-refractivity contribution in [3.8, 4) is 5.75 Å². The number of hydrogen-bond acceptors (Lipinski definition) is 3. The van der Waals surface area contributed by atoms with Crippen molar-refractivity contribution in [3.63, 3.8) is 0 Å². The Balaban J connectivity index is 1.96. The quantitative estimate of drug-likeness (QED) is 0.754. The molecular weight excluding hydrogens is 264 g/mol. The number of fused-ring (bicyclic) bond motifs is 1. The molecule has 1 aromatic heterocycles. The van der Waals surface area contributed by atoms with Gasteiger partial charge < -0.3 is 10.4 Å². The van der Waals surface area contributed by atoms with Gasteiger partial charge in [0.2, 0.25) is 0 Å². The van der Waals surface area contributed by atoms with Crippen LogP contribution in [0.1, 0.15) is 16.1 Å². The number of pyridine rings is 1. The highest BCUT2D eigenvalue weighted by atomic mass is 16.3. The smallest absolute Gasteiger partial charge is 0.259 e. The van der Waals surface area contributed by atoms with E-state index in [1.807, 2.05) is 31.2 Å². The minimum Gasteiger partial charge on any atom is -0.507 e. The minimum atomic E-state index is -0.344. The van der Waals surface area contributed by atoms with E-state index in [2.05, 4.69) is 10.3 Å². The lowest BCUT2D eigenvalue weighted by Crippen LogP contribution is -2.12. The summed E-state index contributed by atoms with van der Waals surface area (Å²) in [6.07, 6.45) is 1.63. The van der Waals surface area contributed by atoms with Crippen LogP contribution in [0.25, 0.3) is 10.8 Å². The lowest BCUT2D eigenvalue weighted by atomic mass is 10.1. The number of carbonyl (C=O) groups is 1. The van der Waals surface area contributed by atoms with Gasteiger partial charge in [-0.05, 0) is 42.0 Å². The Morgan fingerprint density at radius 3 is 2.52 bits per heavy atom. The Labute approximate surface area is 122 Å². The molecule has 0 fully saturated rings. The third-order valence-corrected chi connectivity index (χ3v) is 3.26. The molecule has 3 rings (SSSR count). The summed E-state index contributed by atoms with van der Waals surface area (Å²) in [7, 11) is 0. The zero-order valence-corrected chi connectivity index (χ0v) is 11.5. The number of carbonyl (C=O) groups excluding carboxylic acids is 1. The van der Waals surface area contributed by atoms with Crippen molar-refractivity contribution < 1.29 is 9.90 Å². The fourth-order valence-corrected chi connectivity index (χ4v) is 2.23. The Bertz CT molecular complexity index is 828. The van der Waals surface area contributed by atoms with E-state index in [9.17, 15) is 9.90 Å². The molecule has 1 amide bonds. The van der Waals surface area contributed by atoms with Crippen LogP contribution >= 0.6 is 0 Å². The number of hydrogen-bond donors (Lipinski definition) is 2. The fraction of sp³-hybridized carbons (Fsp3) is 0.0588. The lowest BCUT2D eigenvalue weighted by Gasteiger charge is -2.08. The summed E-state index contributed by atoms with van der Waals surface area (Å²) in [5.74, 6) is -0.374. The molecule has 2 aromatic carbocycles. The van der Waals surface area contributed by atoms with Crippen LogP contribution < -0.4 is 5.32 Å². The van der Waals surface area contributed by atoms with Gasteiger partial charge in [-0.2, -0.15) is 0 Å². The summed E-state index contributed by atoms with van der Waals surface area (Å²) in [5.41, 5.74) is 1.72. The molecule has 104 valence electrons. The van der Waals surface area contributed by atoms with Crippen LogP contribution in [0.4, 0.5) is 5.69 Å². The highest BCUT2D eigenvalue weighted by molar-refractivity contribution is 6.08. The van der Waals surface area contributed by atoms with Gasteiger partial charge in [0, 0.05) is 17.6 Å². The van der Waals surface area contributed by atoms with Crippen LogP contribution in [0.3, 0.4) is 0 Å². The molecule has 0 spiro atoms. The van der Waals surface area contributed by atoms with E-state index >= 15 is 0 Å². The maximum absolute atomic E-state index is 12.3. The number of rotatable bonds is 2. The topological polar surface area (TPSA) is 62.2 Å². The summed E-state index contributed by atoms with van der Waals surface area (Å²) in [6, 6.07) is 14.4. The van der Waals surface area contributed by atoms with Crippen LogP contribution in [-0.4, -0.2) is 16.0 Å². The van der Waals surface area contributed by atoms with Gasteiger partial charge >= 0.3 is 0 Å². The van der Waals surface area contributed by atoms with Gasteiger partial charge in [0.05, 0.1) is 5.56 Å². The molecule has 1 heterocycles. The summed E-state index contributed by atoms with van der Waals surface area (Å²) >= 11 is 0. The van der Waals surface area contributed by atoms with Crippen molar-refractivity contribution in [1.82, 2.24) is 4.98 Å². The highest BCUT2D eigenvalue weighted by Crippen LogP contribution is 2.25. The van der Waals surface area contributed by atoms with Crippen LogP contribution in [-0.2, 0) is 0 Å². The normalized spacial score (nSPS) is 10.5. The molecule has 0 aliphatic rings. The molecule has 2 N–H and O–H groups in total. The Morgan fingerprint density at radius 2 is 1.81 bits per heavy atom. The van der Waals surface area contributed by atoms with E-state index < -0.39 is 0 Å². The van der Waals surface area contributed by atoms with Gasteiger partial charge in [-0.3, -0.25) is 9.78 Å². The number of aromatic hydroxyl groups is 1. The molecule has 0 saturated carbocycles. The fourth-order valence-electron chi connectivity index (χ4n) is 2.23. The van der Waals surface area contributed by atoms with Crippen molar-refractivity contribution in [2.45, 2.75) is 6.92 Å². The first-order valence-electron chi connectivity index (χ1n) is 6.59. The summed E-state index contributed by atoms with van der Waals surface area (Å²) in [6.45, 7) is 1.85. The molecule has 3 aromatic rings.